The summed E-state index contributed by atoms with van der Waals surface area (Å²) in [5, 5.41) is 10.1. The molecular weight excluding hydrogens is 98.0 g/mol. The maximum atomic E-state index is 9.91. The van der Waals surface area contributed by atoms with Gasteiger partial charge in [-0.25, -0.2) is 5.48 Å². The van der Waals surface area contributed by atoms with Crippen molar-refractivity contribution < 1.29 is 4.94 Å². The van der Waals surface area contributed by atoms with E-state index in [2.05, 4.69) is 22.4 Å². The minimum absolute atomic E-state index is 0.169. The molecule has 0 amide bonds. The van der Waals surface area contributed by atoms with Crippen LogP contribution in [0, 0.1) is 5.21 Å². The predicted octanol–water partition coefficient (Wildman–Crippen LogP) is -0.788. The molecule has 0 spiro atoms. The zero-order chi connectivity index (χ0) is 5.28. The average molecular weight is 102 g/mol. The first-order valence-corrected chi connectivity index (χ1v) is 1.65. The Kier molecular flexibility index (Phi) is 0.861. The summed E-state index contributed by atoms with van der Waals surface area (Å²) in [6.45, 7) is 3.32. The van der Waals surface area contributed by atoms with Crippen molar-refractivity contribution in [2.75, 3.05) is 0 Å². The Labute approximate surface area is 40.0 Å². The highest BCUT2D eigenvalue weighted by Gasteiger charge is 2.01. The van der Waals surface area contributed by atoms with Gasteiger partial charge in [0.05, 0.1) is 0 Å². The molecule has 5 heteroatoms. The van der Waals surface area contributed by atoms with Gasteiger partial charge in [0, 0.05) is 0 Å². The van der Waals surface area contributed by atoms with E-state index < -0.39 is 0 Å². The molecule has 0 aromatic heterocycles. The summed E-state index contributed by atoms with van der Waals surface area (Å²) in [6.07, 6.45) is 0. The highest BCUT2D eigenvalue weighted by atomic mass is 17.0. The van der Waals surface area contributed by atoms with Crippen LogP contribution in [-0.2, 0) is 4.94 Å². The van der Waals surface area contributed by atoms with Crippen molar-refractivity contribution in [1.82, 2.24) is 16.2 Å². The normalized spacial score (nSPS) is 21.6. The summed E-state index contributed by atoms with van der Waals surface area (Å²) in [6, 6.07) is 0. The van der Waals surface area contributed by atoms with Crippen LogP contribution < -0.4 is 10.9 Å². The van der Waals surface area contributed by atoms with Gasteiger partial charge in [-0.2, -0.15) is 4.94 Å². The molecule has 0 unspecified atom stereocenters. The van der Waals surface area contributed by atoms with Gasteiger partial charge in [-0.05, 0) is 0 Å². The third-order valence-corrected chi connectivity index (χ3v) is 0.478. The van der Waals surface area contributed by atoms with Crippen molar-refractivity contribution >= 4 is 0 Å². The molecule has 1 aliphatic rings. The molecule has 7 heavy (non-hydrogen) atoms. The quantitative estimate of drug-likeness (QED) is 0.420. The van der Waals surface area contributed by atoms with E-state index in [1.165, 1.54) is 0 Å². The second kappa shape index (κ2) is 1.38. The third-order valence-electron chi connectivity index (χ3n) is 0.478. The van der Waals surface area contributed by atoms with Crippen LogP contribution in [0.1, 0.15) is 0 Å². The Morgan fingerprint density at radius 2 is 2.57 bits per heavy atom. The molecule has 1 aliphatic heterocycles. The van der Waals surface area contributed by atoms with Crippen molar-refractivity contribution in [1.29, 1.82) is 0 Å². The lowest BCUT2D eigenvalue weighted by Gasteiger charge is -2.14. The zero-order valence-corrected chi connectivity index (χ0v) is 3.47. The second-order valence-electron chi connectivity index (χ2n) is 1.04. The number of rotatable bonds is 0. The maximum absolute atomic E-state index is 9.91. The molecule has 1 saturated heterocycles. The second-order valence-corrected chi connectivity index (χ2v) is 1.04. The molecule has 0 aromatic carbocycles. The van der Waals surface area contributed by atoms with Crippen LogP contribution in [0.15, 0.2) is 12.4 Å². The van der Waals surface area contributed by atoms with Crippen molar-refractivity contribution in [2.24, 2.45) is 0 Å². The number of nitrogens with one attached hydrogen (secondary N) is 2. The molecule has 1 heterocycles. The van der Waals surface area contributed by atoms with Crippen LogP contribution in [0.2, 0.25) is 0 Å². The first-order chi connectivity index (χ1) is 3.29. The summed E-state index contributed by atoms with van der Waals surface area (Å²) in [4.78, 5) is 4.08. The van der Waals surface area contributed by atoms with Gasteiger partial charge in [-0.1, -0.05) is 6.58 Å². The largest absolute Gasteiger partial charge is 0.741 e. The van der Waals surface area contributed by atoms with Crippen LogP contribution in [0.5, 0.6) is 0 Å². The Hall–Kier alpha value is -0.780. The van der Waals surface area contributed by atoms with E-state index in [9.17, 15) is 5.21 Å². The van der Waals surface area contributed by atoms with Gasteiger partial charge in [0.25, 0.3) is 0 Å². The fourth-order valence-electron chi connectivity index (χ4n) is 0.252. The molecule has 1 fully saturated rings. The number of hydroxylamine groups is 1. The van der Waals surface area contributed by atoms with Crippen LogP contribution in [0.3, 0.4) is 0 Å². The lowest BCUT2D eigenvalue weighted by molar-refractivity contribution is -0.141. The summed E-state index contributed by atoms with van der Waals surface area (Å²) in [5.41, 5.74) is 4.34. The lowest BCUT2D eigenvalue weighted by Crippen LogP contribution is -2.20. The van der Waals surface area contributed by atoms with Gasteiger partial charge in [-0.15, -0.1) is 5.34 Å². The minimum Gasteiger partial charge on any atom is -0.741 e. The first-order valence-electron chi connectivity index (χ1n) is 1.65. The summed E-state index contributed by atoms with van der Waals surface area (Å²) >= 11 is 0. The number of hydrazine groups is 1. The smallest absolute Gasteiger partial charge is 0.133 e. The van der Waals surface area contributed by atoms with E-state index in [1.54, 1.807) is 0 Å². The molecule has 0 aromatic rings. The number of hydrogen-bond acceptors (Lipinski definition) is 5. The monoisotopic (exact) mass is 102 g/mol. The molecule has 2 N–H and O–H groups in total. The fourth-order valence-corrected chi connectivity index (χ4v) is 0.252. The Balaban J connectivity index is 2.40. The standard InChI is InChI=1S/C2H4N3O2/c1-2-3-5(6)7-4-2/h3-4H,1H2/q-1. The van der Waals surface area contributed by atoms with E-state index in [-0.39, 0.29) is 5.34 Å². The maximum Gasteiger partial charge on any atom is 0.133 e. The Morgan fingerprint density at radius 1 is 1.86 bits per heavy atom. The molecule has 5 nitrogen and oxygen atoms in total. The van der Waals surface area contributed by atoms with Crippen LogP contribution in [-0.4, -0.2) is 5.34 Å². The zero-order valence-electron chi connectivity index (χ0n) is 3.47. The van der Waals surface area contributed by atoms with Crippen LogP contribution in [0.4, 0.5) is 0 Å². The Morgan fingerprint density at radius 3 is 2.71 bits per heavy atom. The topological polar surface area (TPSA) is 59.6 Å². The van der Waals surface area contributed by atoms with Gasteiger partial charge in [0.15, 0.2) is 0 Å². The molecule has 0 radical (unpaired) electrons. The molecule has 40 valence electrons. The van der Waals surface area contributed by atoms with Gasteiger partial charge in [-0.3, -0.25) is 5.43 Å². The summed E-state index contributed by atoms with van der Waals surface area (Å²) < 4.78 is 0. The van der Waals surface area contributed by atoms with Crippen molar-refractivity contribution in [2.45, 2.75) is 0 Å². The van der Waals surface area contributed by atoms with E-state index in [4.69, 9.17) is 0 Å². The fraction of sp³-hybridized carbons (Fsp3) is 0. The van der Waals surface area contributed by atoms with Gasteiger partial charge in [0.1, 0.15) is 5.82 Å². The van der Waals surface area contributed by atoms with Crippen molar-refractivity contribution in [3.8, 4) is 0 Å². The van der Waals surface area contributed by atoms with Crippen molar-refractivity contribution in [3.63, 3.8) is 0 Å². The van der Waals surface area contributed by atoms with Crippen molar-refractivity contribution in [3.05, 3.63) is 17.6 Å². The summed E-state index contributed by atoms with van der Waals surface area (Å²) in [7, 11) is 0. The SMILES string of the molecule is C=C1NON([O-])N1. The van der Waals surface area contributed by atoms with E-state index >= 15 is 0 Å². The molecule has 0 aliphatic carbocycles. The Bertz CT molecular complexity index is 92.9. The minimum atomic E-state index is 0.169. The molecule has 0 bridgehead atoms. The first kappa shape index (κ1) is 4.38. The highest BCUT2D eigenvalue weighted by molar-refractivity contribution is 4.83. The van der Waals surface area contributed by atoms with Crippen LogP contribution in [0.25, 0.3) is 0 Å². The number of hydrogen-bond donors (Lipinski definition) is 2. The van der Waals surface area contributed by atoms with E-state index in [1.807, 2.05) is 0 Å². The molecule has 0 atom stereocenters. The van der Waals surface area contributed by atoms with Crippen LogP contribution >= 0.6 is 0 Å². The van der Waals surface area contributed by atoms with Gasteiger partial charge in [0.2, 0.25) is 0 Å². The lowest BCUT2D eigenvalue weighted by atomic mass is 10.9. The predicted molar refractivity (Wildman–Crippen MR) is 21.7 cm³/mol. The highest BCUT2D eigenvalue weighted by Crippen LogP contribution is 1.90. The molecular formula is C2H4N3O2-. The average Bonchev–Trinajstić information content (AvgIpc) is 1.87. The van der Waals surface area contributed by atoms with Gasteiger partial charge >= 0.3 is 0 Å². The number of nitrogens with zero attached hydrogens (tertiary/aromatic N) is 1. The van der Waals surface area contributed by atoms with Gasteiger partial charge < -0.3 is 5.21 Å². The molecule has 0 saturated carbocycles. The molecule has 1 rings (SSSR count). The van der Waals surface area contributed by atoms with E-state index in [0.29, 0.717) is 5.82 Å². The van der Waals surface area contributed by atoms with E-state index in [0.717, 1.165) is 0 Å². The third kappa shape index (κ3) is 0.801. The summed E-state index contributed by atoms with van der Waals surface area (Å²) in [5.74, 6) is 0.343.